The van der Waals surface area contributed by atoms with Gasteiger partial charge in [-0.15, -0.1) is 0 Å². The van der Waals surface area contributed by atoms with Gasteiger partial charge in [0.25, 0.3) is 5.69 Å². The van der Waals surface area contributed by atoms with Gasteiger partial charge >= 0.3 is 0 Å². The van der Waals surface area contributed by atoms with E-state index in [1.165, 1.54) is 0 Å². The molecule has 2 rings (SSSR count). The van der Waals surface area contributed by atoms with Gasteiger partial charge in [0.2, 0.25) is 0 Å². The van der Waals surface area contributed by atoms with Gasteiger partial charge < -0.3 is 5.73 Å². The molecule has 1 aliphatic carbocycles. The SMILES string of the molecule is NC1CCc2cc([N+](=O)[O-])ccc2C1. The van der Waals surface area contributed by atoms with E-state index in [2.05, 4.69) is 0 Å². The summed E-state index contributed by atoms with van der Waals surface area (Å²) in [5.74, 6) is 0. The van der Waals surface area contributed by atoms with Crippen LogP contribution in [0.4, 0.5) is 5.69 Å². The molecule has 1 unspecified atom stereocenters. The maximum absolute atomic E-state index is 10.5. The second-order valence-corrected chi connectivity index (χ2v) is 3.71. The lowest BCUT2D eigenvalue weighted by Crippen LogP contribution is -2.27. The van der Waals surface area contributed by atoms with Gasteiger partial charge in [0.15, 0.2) is 0 Å². The normalized spacial score (nSPS) is 20.2. The first-order valence-electron chi connectivity index (χ1n) is 4.68. The number of rotatable bonds is 1. The summed E-state index contributed by atoms with van der Waals surface area (Å²) < 4.78 is 0. The molecule has 0 amide bonds. The Kier molecular flexibility index (Phi) is 2.21. The lowest BCUT2D eigenvalue weighted by molar-refractivity contribution is -0.384. The topological polar surface area (TPSA) is 69.2 Å². The number of benzene rings is 1. The molecule has 0 spiro atoms. The molecular weight excluding hydrogens is 180 g/mol. The van der Waals surface area contributed by atoms with Crippen LogP contribution in [-0.4, -0.2) is 11.0 Å². The molecule has 1 aromatic carbocycles. The van der Waals surface area contributed by atoms with E-state index in [1.54, 1.807) is 12.1 Å². The molecule has 1 atom stereocenters. The first-order valence-corrected chi connectivity index (χ1v) is 4.68. The van der Waals surface area contributed by atoms with E-state index in [0.29, 0.717) is 0 Å². The van der Waals surface area contributed by atoms with Crippen LogP contribution in [-0.2, 0) is 12.8 Å². The fourth-order valence-corrected chi connectivity index (χ4v) is 1.88. The van der Waals surface area contributed by atoms with Crippen LogP contribution in [0.5, 0.6) is 0 Å². The van der Waals surface area contributed by atoms with Crippen molar-refractivity contribution in [2.45, 2.75) is 25.3 Å². The van der Waals surface area contributed by atoms with Crippen molar-refractivity contribution in [3.63, 3.8) is 0 Å². The second-order valence-electron chi connectivity index (χ2n) is 3.71. The zero-order valence-corrected chi connectivity index (χ0v) is 7.77. The van der Waals surface area contributed by atoms with Crippen molar-refractivity contribution in [3.8, 4) is 0 Å². The molecule has 0 bridgehead atoms. The number of aryl methyl sites for hydroxylation is 1. The molecule has 74 valence electrons. The quantitative estimate of drug-likeness (QED) is 0.540. The van der Waals surface area contributed by atoms with Crippen LogP contribution in [0.25, 0.3) is 0 Å². The first-order chi connectivity index (χ1) is 6.66. The number of non-ortho nitro benzene ring substituents is 1. The minimum atomic E-state index is -0.352. The largest absolute Gasteiger partial charge is 0.327 e. The summed E-state index contributed by atoms with van der Waals surface area (Å²) in [6.45, 7) is 0. The predicted molar refractivity (Wildman–Crippen MR) is 53.1 cm³/mol. The third-order valence-electron chi connectivity index (χ3n) is 2.67. The highest BCUT2D eigenvalue weighted by atomic mass is 16.6. The monoisotopic (exact) mass is 192 g/mol. The van der Waals surface area contributed by atoms with E-state index in [0.717, 1.165) is 30.4 Å². The van der Waals surface area contributed by atoms with Gasteiger partial charge in [-0.1, -0.05) is 6.07 Å². The number of hydrogen-bond donors (Lipinski definition) is 1. The number of nitrogens with two attached hydrogens (primary N) is 1. The molecule has 0 aliphatic heterocycles. The van der Waals surface area contributed by atoms with E-state index >= 15 is 0 Å². The molecule has 4 heteroatoms. The number of nitrogens with zero attached hydrogens (tertiary/aromatic N) is 1. The van der Waals surface area contributed by atoms with Gasteiger partial charge in [0.05, 0.1) is 4.92 Å². The van der Waals surface area contributed by atoms with Crippen LogP contribution < -0.4 is 5.73 Å². The Morgan fingerprint density at radius 1 is 1.43 bits per heavy atom. The van der Waals surface area contributed by atoms with Gasteiger partial charge in [-0.25, -0.2) is 0 Å². The summed E-state index contributed by atoms with van der Waals surface area (Å²) in [6, 6.07) is 5.26. The van der Waals surface area contributed by atoms with Crippen molar-refractivity contribution in [2.75, 3.05) is 0 Å². The van der Waals surface area contributed by atoms with Crippen LogP contribution in [0, 0.1) is 10.1 Å². The van der Waals surface area contributed by atoms with Crippen molar-refractivity contribution in [1.29, 1.82) is 0 Å². The van der Waals surface area contributed by atoms with Crippen molar-refractivity contribution in [1.82, 2.24) is 0 Å². The highest BCUT2D eigenvalue weighted by Crippen LogP contribution is 2.24. The maximum atomic E-state index is 10.5. The van der Waals surface area contributed by atoms with Gasteiger partial charge in [0, 0.05) is 18.2 Å². The predicted octanol–water partition coefficient (Wildman–Crippen LogP) is 1.41. The van der Waals surface area contributed by atoms with Gasteiger partial charge in [0.1, 0.15) is 0 Å². The number of nitro groups is 1. The Morgan fingerprint density at radius 3 is 2.93 bits per heavy atom. The molecule has 0 radical (unpaired) electrons. The van der Waals surface area contributed by atoms with Crippen molar-refractivity contribution >= 4 is 5.69 Å². The standard InChI is InChI=1S/C10H12N2O2/c11-9-3-1-8-6-10(12(13)14)4-2-7(8)5-9/h2,4,6,9H,1,3,5,11H2. The van der Waals surface area contributed by atoms with E-state index in [-0.39, 0.29) is 16.7 Å². The first kappa shape index (κ1) is 9.15. The summed E-state index contributed by atoms with van der Waals surface area (Å²) >= 11 is 0. The summed E-state index contributed by atoms with van der Waals surface area (Å²) in [6.07, 6.45) is 2.62. The van der Waals surface area contributed by atoms with Gasteiger partial charge in [-0.05, 0) is 30.4 Å². The maximum Gasteiger partial charge on any atom is 0.269 e. The third kappa shape index (κ3) is 1.61. The Bertz CT molecular complexity index is 376. The average Bonchev–Trinajstić information content (AvgIpc) is 2.16. The smallest absolute Gasteiger partial charge is 0.269 e. The molecule has 14 heavy (non-hydrogen) atoms. The molecule has 1 aromatic rings. The van der Waals surface area contributed by atoms with Gasteiger partial charge in [-0.2, -0.15) is 0 Å². The second kappa shape index (κ2) is 3.38. The van der Waals surface area contributed by atoms with Crippen LogP contribution in [0.15, 0.2) is 18.2 Å². The summed E-state index contributed by atoms with van der Waals surface area (Å²) in [5, 5.41) is 10.5. The zero-order valence-electron chi connectivity index (χ0n) is 7.77. The lowest BCUT2D eigenvalue weighted by atomic mass is 9.88. The number of nitro benzene ring substituents is 1. The van der Waals surface area contributed by atoms with E-state index in [4.69, 9.17) is 5.73 Å². The van der Waals surface area contributed by atoms with Crippen LogP contribution in [0.1, 0.15) is 17.5 Å². The molecule has 0 saturated heterocycles. The molecule has 1 aliphatic rings. The average molecular weight is 192 g/mol. The summed E-state index contributed by atoms with van der Waals surface area (Å²) in [5.41, 5.74) is 8.24. The number of hydrogen-bond acceptors (Lipinski definition) is 3. The molecule has 0 heterocycles. The zero-order chi connectivity index (χ0) is 10.1. The fourth-order valence-electron chi connectivity index (χ4n) is 1.88. The molecule has 2 N–H and O–H groups in total. The molecule has 4 nitrogen and oxygen atoms in total. The molecule has 0 saturated carbocycles. The summed E-state index contributed by atoms with van der Waals surface area (Å²) in [4.78, 5) is 10.2. The Hall–Kier alpha value is -1.42. The molecule has 0 aromatic heterocycles. The Labute approximate surface area is 81.9 Å². The van der Waals surface area contributed by atoms with Crippen LogP contribution in [0.3, 0.4) is 0 Å². The van der Waals surface area contributed by atoms with Gasteiger partial charge in [-0.3, -0.25) is 10.1 Å². The van der Waals surface area contributed by atoms with Crippen molar-refractivity contribution in [2.24, 2.45) is 5.73 Å². The van der Waals surface area contributed by atoms with Crippen molar-refractivity contribution < 1.29 is 4.92 Å². The fraction of sp³-hybridized carbons (Fsp3) is 0.400. The molecular formula is C10H12N2O2. The van der Waals surface area contributed by atoms with E-state index in [9.17, 15) is 10.1 Å². The molecule has 0 fully saturated rings. The minimum Gasteiger partial charge on any atom is -0.327 e. The Morgan fingerprint density at radius 2 is 2.21 bits per heavy atom. The van der Waals surface area contributed by atoms with Crippen LogP contribution in [0.2, 0.25) is 0 Å². The third-order valence-corrected chi connectivity index (χ3v) is 2.67. The van der Waals surface area contributed by atoms with E-state index in [1.807, 2.05) is 6.07 Å². The van der Waals surface area contributed by atoms with Crippen LogP contribution >= 0.6 is 0 Å². The van der Waals surface area contributed by atoms with E-state index < -0.39 is 0 Å². The lowest BCUT2D eigenvalue weighted by Gasteiger charge is -2.20. The highest BCUT2D eigenvalue weighted by Gasteiger charge is 2.17. The highest BCUT2D eigenvalue weighted by molar-refractivity contribution is 5.41. The Balaban J connectivity index is 2.36. The van der Waals surface area contributed by atoms with Crippen molar-refractivity contribution in [3.05, 3.63) is 39.4 Å². The minimum absolute atomic E-state index is 0.180. The number of fused-ring (bicyclic) bond motifs is 1. The summed E-state index contributed by atoms with van der Waals surface area (Å²) in [7, 11) is 0.